The number of hydrogen-bond donors (Lipinski definition) is 1. The highest BCUT2D eigenvalue weighted by atomic mass is 35.5. The standard InChI is InChI=1S/C19H24Cl2O4/c20-14-7-13(6-12-4-2-1-3-5-12)19(17(21)8-14)24-11-16-9-15(22)10-18(23)25-16/h7-8,12,15-16,22H,1-6,9-11H2/t15-,16+/m1/s1. The lowest BCUT2D eigenvalue weighted by molar-refractivity contribution is -0.162. The second-order valence-electron chi connectivity index (χ2n) is 7.10. The van der Waals surface area contributed by atoms with Crippen molar-refractivity contribution in [2.75, 3.05) is 6.61 Å². The first kappa shape index (κ1) is 18.8. The van der Waals surface area contributed by atoms with E-state index in [4.69, 9.17) is 32.7 Å². The monoisotopic (exact) mass is 386 g/mol. The van der Waals surface area contributed by atoms with Gasteiger partial charge in [-0.15, -0.1) is 0 Å². The van der Waals surface area contributed by atoms with Crippen LogP contribution in [-0.4, -0.2) is 29.9 Å². The summed E-state index contributed by atoms with van der Waals surface area (Å²) in [7, 11) is 0. The number of carbonyl (C=O) groups is 1. The van der Waals surface area contributed by atoms with Crippen LogP contribution in [0.1, 0.15) is 50.5 Å². The number of hydrogen-bond acceptors (Lipinski definition) is 4. The number of cyclic esters (lactones) is 1. The van der Waals surface area contributed by atoms with Crippen LogP contribution in [0.4, 0.5) is 0 Å². The van der Waals surface area contributed by atoms with Gasteiger partial charge in [0, 0.05) is 11.4 Å². The predicted octanol–water partition coefficient (Wildman–Crippen LogP) is 4.56. The summed E-state index contributed by atoms with van der Waals surface area (Å²) < 4.78 is 11.2. The number of esters is 1. The molecule has 1 aliphatic carbocycles. The highest BCUT2D eigenvalue weighted by Crippen LogP contribution is 2.37. The number of carbonyl (C=O) groups excluding carboxylic acids is 1. The molecule has 2 aliphatic rings. The molecule has 0 spiro atoms. The van der Waals surface area contributed by atoms with Crippen molar-refractivity contribution in [3.05, 3.63) is 27.7 Å². The van der Waals surface area contributed by atoms with Gasteiger partial charge in [-0.05, 0) is 30.0 Å². The molecule has 2 atom stereocenters. The van der Waals surface area contributed by atoms with E-state index >= 15 is 0 Å². The molecule has 1 N–H and O–H groups in total. The van der Waals surface area contributed by atoms with E-state index in [9.17, 15) is 9.90 Å². The van der Waals surface area contributed by atoms with Gasteiger partial charge < -0.3 is 14.6 Å². The molecule has 0 unspecified atom stereocenters. The Morgan fingerprint density at radius 2 is 1.96 bits per heavy atom. The smallest absolute Gasteiger partial charge is 0.308 e. The maximum Gasteiger partial charge on any atom is 0.308 e. The zero-order chi connectivity index (χ0) is 17.8. The minimum atomic E-state index is -0.669. The summed E-state index contributed by atoms with van der Waals surface area (Å²) in [6.07, 6.45) is 6.49. The molecule has 25 heavy (non-hydrogen) atoms. The molecule has 0 aromatic heterocycles. The van der Waals surface area contributed by atoms with Gasteiger partial charge >= 0.3 is 5.97 Å². The summed E-state index contributed by atoms with van der Waals surface area (Å²) in [6.45, 7) is 0.182. The van der Waals surface area contributed by atoms with Crippen molar-refractivity contribution < 1.29 is 19.4 Å². The Balaban J connectivity index is 1.69. The average molecular weight is 387 g/mol. The topological polar surface area (TPSA) is 55.8 Å². The quantitative estimate of drug-likeness (QED) is 0.753. The normalized spacial score (nSPS) is 24.8. The van der Waals surface area contributed by atoms with Crippen LogP contribution in [0.2, 0.25) is 10.0 Å². The number of halogens is 2. The molecule has 1 aromatic rings. The molecule has 4 nitrogen and oxygen atoms in total. The number of rotatable bonds is 5. The zero-order valence-corrected chi connectivity index (χ0v) is 15.7. The molecule has 1 saturated heterocycles. The van der Waals surface area contributed by atoms with Crippen molar-refractivity contribution >= 4 is 29.2 Å². The van der Waals surface area contributed by atoms with Crippen LogP contribution < -0.4 is 4.74 Å². The van der Waals surface area contributed by atoms with E-state index in [1.54, 1.807) is 6.07 Å². The van der Waals surface area contributed by atoms with Gasteiger partial charge in [-0.3, -0.25) is 4.79 Å². The van der Waals surface area contributed by atoms with Gasteiger partial charge in [0.15, 0.2) is 0 Å². The third kappa shape index (κ3) is 5.25. The molecule has 1 aliphatic heterocycles. The molecule has 138 valence electrons. The summed E-state index contributed by atoms with van der Waals surface area (Å²) in [4.78, 5) is 11.5. The lowest BCUT2D eigenvalue weighted by Gasteiger charge is -2.27. The Hall–Kier alpha value is -0.970. The van der Waals surface area contributed by atoms with Crippen LogP contribution in [-0.2, 0) is 16.0 Å². The van der Waals surface area contributed by atoms with Crippen LogP contribution in [0.5, 0.6) is 5.75 Å². The highest BCUT2D eigenvalue weighted by Gasteiger charge is 2.28. The SMILES string of the molecule is O=C1C[C@H](O)C[C@@H](COc2c(Cl)cc(Cl)cc2CC2CCCCC2)O1. The van der Waals surface area contributed by atoms with E-state index in [1.807, 2.05) is 6.07 Å². The van der Waals surface area contributed by atoms with Crippen molar-refractivity contribution in [3.8, 4) is 5.75 Å². The second-order valence-corrected chi connectivity index (χ2v) is 7.94. The molecule has 3 rings (SSSR count). The third-order valence-electron chi connectivity index (χ3n) is 4.97. The second kappa shape index (κ2) is 8.61. The summed E-state index contributed by atoms with van der Waals surface area (Å²) in [5.74, 6) is 0.852. The first-order valence-electron chi connectivity index (χ1n) is 8.99. The van der Waals surface area contributed by atoms with E-state index in [-0.39, 0.29) is 13.0 Å². The Kier molecular flexibility index (Phi) is 6.48. The van der Waals surface area contributed by atoms with Gasteiger partial charge in [-0.2, -0.15) is 0 Å². The summed E-state index contributed by atoms with van der Waals surface area (Å²) in [6, 6.07) is 3.59. The molecule has 1 heterocycles. The number of ether oxygens (including phenoxy) is 2. The third-order valence-corrected chi connectivity index (χ3v) is 5.47. The fraction of sp³-hybridized carbons (Fsp3) is 0.632. The van der Waals surface area contributed by atoms with Crippen LogP contribution in [0.15, 0.2) is 12.1 Å². The van der Waals surface area contributed by atoms with Gasteiger partial charge in [-0.25, -0.2) is 0 Å². The molecule has 6 heteroatoms. The Bertz CT molecular complexity index is 614. The average Bonchev–Trinajstić information content (AvgIpc) is 2.54. The van der Waals surface area contributed by atoms with Crippen molar-refractivity contribution in [3.63, 3.8) is 0 Å². The Labute approximate surface area is 158 Å². The van der Waals surface area contributed by atoms with Crippen molar-refractivity contribution in [1.82, 2.24) is 0 Å². The maximum absolute atomic E-state index is 11.5. The molecule has 1 aromatic carbocycles. The maximum atomic E-state index is 11.5. The fourth-order valence-electron chi connectivity index (χ4n) is 3.77. The van der Waals surface area contributed by atoms with Crippen LogP contribution in [0.3, 0.4) is 0 Å². The minimum Gasteiger partial charge on any atom is -0.488 e. The lowest BCUT2D eigenvalue weighted by Crippen LogP contribution is -2.36. The van der Waals surface area contributed by atoms with Crippen molar-refractivity contribution in [2.24, 2.45) is 5.92 Å². The predicted molar refractivity (Wildman–Crippen MR) is 97.4 cm³/mol. The van der Waals surface area contributed by atoms with E-state index in [0.717, 1.165) is 12.0 Å². The van der Waals surface area contributed by atoms with E-state index in [0.29, 0.717) is 28.1 Å². The van der Waals surface area contributed by atoms with Gasteiger partial charge in [0.1, 0.15) is 18.5 Å². The molecule has 0 radical (unpaired) electrons. The van der Waals surface area contributed by atoms with Crippen molar-refractivity contribution in [1.29, 1.82) is 0 Å². The van der Waals surface area contributed by atoms with Gasteiger partial charge in [0.05, 0.1) is 17.5 Å². The summed E-state index contributed by atoms with van der Waals surface area (Å²) in [5, 5.41) is 10.8. The molecule has 0 bridgehead atoms. The van der Waals surface area contributed by atoms with Gasteiger partial charge in [0.25, 0.3) is 0 Å². The van der Waals surface area contributed by atoms with E-state index in [1.165, 1.54) is 32.1 Å². The number of aliphatic hydroxyl groups excluding tert-OH is 1. The van der Waals surface area contributed by atoms with Crippen LogP contribution in [0, 0.1) is 5.92 Å². The van der Waals surface area contributed by atoms with E-state index in [2.05, 4.69) is 0 Å². The van der Waals surface area contributed by atoms with Gasteiger partial charge in [0.2, 0.25) is 0 Å². The first-order valence-corrected chi connectivity index (χ1v) is 9.75. The van der Waals surface area contributed by atoms with E-state index < -0.39 is 18.2 Å². The zero-order valence-electron chi connectivity index (χ0n) is 14.2. The summed E-state index contributed by atoms with van der Waals surface area (Å²) in [5.41, 5.74) is 1.01. The molecular weight excluding hydrogens is 363 g/mol. The molecule has 1 saturated carbocycles. The van der Waals surface area contributed by atoms with Crippen molar-refractivity contribution in [2.45, 2.75) is 63.6 Å². The molecule has 0 amide bonds. The number of aliphatic hydroxyl groups is 1. The largest absolute Gasteiger partial charge is 0.488 e. The fourth-order valence-corrected chi connectivity index (χ4v) is 4.36. The lowest BCUT2D eigenvalue weighted by atomic mass is 9.84. The summed E-state index contributed by atoms with van der Waals surface area (Å²) >= 11 is 12.5. The van der Waals surface area contributed by atoms with Gasteiger partial charge in [-0.1, -0.05) is 55.3 Å². The van der Waals surface area contributed by atoms with Crippen LogP contribution in [0.25, 0.3) is 0 Å². The highest BCUT2D eigenvalue weighted by molar-refractivity contribution is 6.35. The molecular formula is C19H24Cl2O4. The van der Waals surface area contributed by atoms with Crippen LogP contribution >= 0.6 is 23.2 Å². The first-order chi connectivity index (χ1) is 12.0. The Morgan fingerprint density at radius 3 is 2.68 bits per heavy atom. The minimum absolute atomic E-state index is 0.0468. The number of benzene rings is 1. The molecule has 2 fully saturated rings. The Morgan fingerprint density at radius 1 is 1.20 bits per heavy atom.